The highest BCUT2D eigenvalue weighted by Crippen LogP contribution is 2.23. The second kappa shape index (κ2) is 5.23. The van der Waals surface area contributed by atoms with Crippen molar-refractivity contribution in [1.29, 1.82) is 0 Å². The second-order valence-corrected chi connectivity index (χ2v) is 4.65. The smallest absolute Gasteiger partial charge is 0.0605 e. The summed E-state index contributed by atoms with van der Waals surface area (Å²) in [6.07, 6.45) is 3.95. The van der Waals surface area contributed by atoms with Gasteiger partial charge in [-0.3, -0.25) is 4.68 Å². The molecule has 0 aliphatic rings. The van der Waals surface area contributed by atoms with Crippen LogP contribution in [0.25, 0.3) is 0 Å². The van der Waals surface area contributed by atoms with Crippen molar-refractivity contribution in [2.75, 3.05) is 26.0 Å². The summed E-state index contributed by atoms with van der Waals surface area (Å²) in [5.41, 5.74) is 3.63. The average molecular weight is 244 g/mol. The number of benzene rings is 1. The number of nitrogens with zero attached hydrogens (tertiary/aromatic N) is 3. The van der Waals surface area contributed by atoms with Gasteiger partial charge < -0.3 is 10.2 Å². The van der Waals surface area contributed by atoms with E-state index in [2.05, 4.69) is 39.6 Å². The standard InChI is InChI=1S/C14H20N4/c1-15-14(12-9-16-18(4)10-12)11-5-7-13(8-6-11)17(2)3/h5-10,14-15H,1-4H3. The molecule has 1 aromatic carbocycles. The highest BCUT2D eigenvalue weighted by molar-refractivity contribution is 5.47. The van der Waals surface area contributed by atoms with Gasteiger partial charge in [0.2, 0.25) is 0 Å². The predicted molar refractivity (Wildman–Crippen MR) is 74.9 cm³/mol. The number of anilines is 1. The van der Waals surface area contributed by atoms with Crippen LogP contribution >= 0.6 is 0 Å². The molecule has 96 valence electrons. The predicted octanol–water partition coefficient (Wildman–Crippen LogP) is 1.79. The van der Waals surface area contributed by atoms with E-state index in [0.29, 0.717) is 0 Å². The third-order valence-electron chi connectivity index (χ3n) is 3.09. The molecule has 0 aliphatic heterocycles. The molecule has 0 saturated heterocycles. The van der Waals surface area contributed by atoms with Crippen LogP contribution in [-0.4, -0.2) is 30.9 Å². The molecule has 1 atom stereocenters. The highest BCUT2D eigenvalue weighted by Gasteiger charge is 2.13. The molecule has 0 bridgehead atoms. The zero-order valence-electron chi connectivity index (χ0n) is 11.4. The molecule has 2 aromatic rings. The van der Waals surface area contributed by atoms with E-state index in [4.69, 9.17) is 0 Å². The van der Waals surface area contributed by atoms with Crippen LogP contribution in [0.3, 0.4) is 0 Å². The molecule has 1 N–H and O–H groups in total. The fourth-order valence-electron chi connectivity index (χ4n) is 2.08. The van der Waals surface area contributed by atoms with Crippen molar-refractivity contribution in [3.05, 3.63) is 47.8 Å². The Labute approximate surface area is 108 Å². The molecule has 0 saturated carbocycles. The number of hydrogen-bond donors (Lipinski definition) is 1. The lowest BCUT2D eigenvalue weighted by Gasteiger charge is -2.17. The van der Waals surface area contributed by atoms with Gasteiger partial charge in [-0.05, 0) is 24.7 Å². The first-order valence-electron chi connectivity index (χ1n) is 6.05. The summed E-state index contributed by atoms with van der Waals surface area (Å²) in [4.78, 5) is 2.10. The molecule has 2 rings (SSSR count). The molecule has 4 heteroatoms. The van der Waals surface area contributed by atoms with Crippen molar-refractivity contribution < 1.29 is 0 Å². The first-order valence-corrected chi connectivity index (χ1v) is 6.05. The molecule has 0 radical (unpaired) electrons. The molecule has 0 amide bonds. The van der Waals surface area contributed by atoms with Gasteiger partial charge in [0, 0.05) is 38.6 Å². The van der Waals surface area contributed by atoms with Crippen LogP contribution in [0, 0.1) is 0 Å². The van der Waals surface area contributed by atoms with Crippen LogP contribution < -0.4 is 10.2 Å². The summed E-state index contributed by atoms with van der Waals surface area (Å²) in [5.74, 6) is 0. The zero-order valence-corrected chi connectivity index (χ0v) is 11.4. The monoisotopic (exact) mass is 244 g/mol. The van der Waals surface area contributed by atoms with E-state index in [0.717, 1.165) is 0 Å². The Kier molecular flexibility index (Phi) is 3.67. The zero-order chi connectivity index (χ0) is 13.1. The maximum atomic E-state index is 4.23. The van der Waals surface area contributed by atoms with Crippen LogP contribution in [0.15, 0.2) is 36.7 Å². The second-order valence-electron chi connectivity index (χ2n) is 4.65. The minimum atomic E-state index is 0.190. The third-order valence-corrected chi connectivity index (χ3v) is 3.09. The van der Waals surface area contributed by atoms with Crippen LogP contribution in [0.2, 0.25) is 0 Å². The maximum Gasteiger partial charge on any atom is 0.0605 e. The number of hydrogen-bond acceptors (Lipinski definition) is 3. The lowest BCUT2D eigenvalue weighted by Crippen LogP contribution is -2.17. The molecule has 0 aliphatic carbocycles. The minimum absolute atomic E-state index is 0.190. The van der Waals surface area contributed by atoms with E-state index in [1.54, 1.807) is 0 Å². The SMILES string of the molecule is CNC(c1ccc(N(C)C)cc1)c1cnn(C)c1. The Balaban J connectivity index is 2.28. The first kappa shape index (κ1) is 12.6. The van der Waals surface area contributed by atoms with E-state index < -0.39 is 0 Å². The molecule has 4 nitrogen and oxygen atoms in total. The van der Waals surface area contributed by atoms with Gasteiger partial charge in [-0.15, -0.1) is 0 Å². The van der Waals surface area contributed by atoms with Gasteiger partial charge in [0.25, 0.3) is 0 Å². The number of aryl methyl sites for hydroxylation is 1. The van der Waals surface area contributed by atoms with E-state index >= 15 is 0 Å². The summed E-state index contributed by atoms with van der Waals surface area (Å²) >= 11 is 0. The molecule has 1 aromatic heterocycles. The fourth-order valence-corrected chi connectivity index (χ4v) is 2.08. The Hall–Kier alpha value is -1.81. The largest absolute Gasteiger partial charge is 0.378 e. The number of aromatic nitrogens is 2. The van der Waals surface area contributed by atoms with E-state index in [9.17, 15) is 0 Å². The van der Waals surface area contributed by atoms with Crippen LogP contribution in [0.1, 0.15) is 17.2 Å². The first-order chi connectivity index (χ1) is 8.61. The van der Waals surface area contributed by atoms with Crippen molar-refractivity contribution in [1.82, 2.24) is 15.1 Å². The van der Waals surface area contributed by atoms with Gasteiger partial charge in [0.15, 0.2) is 0 Å². The van der Waals surface area contributed by atoms with Crippen molar-refractivity contribution in [2.24, 2.45) is 7.05 Å². The van der Waals surface area contributed by atoms with Crippen LogP contribution in [-0.2, 0) is 7.05 Å². The molecule has 1 heterocycles. The normalized spacial score (nSPS) is 12.4. The molecular weight excluding hydrogens is 224 g/mol. The summed E-state index contributed by atoms with van der Waals surface area (Å²) in [6.45, 7) is 0. The van der Waals surface area contributed by atoms with Crippen molar-refractivity contribution in [2.45, 2.75) is 6.04 Å². The Bertz CT molecular complexity index is 499. The van der Waals surface area contributed by atoms with Gasteiger partial charge in [-0.2, -0.15) is 5.10 Å². The van der Waals surface area contributed by atoms with Crippen molar-refractivity contribution >= 4 is 5.69 Å². The van der Waals surface area contributed by atoms with Gasteiger partial charge in [0.1, 0.15) is 0 Å². The molecular formula is C14H20N4. The van der Waals surface area contributed by atoms with Gasteiger partial charge in [-0.1, -0.05) is 12.1 Å². The van der Waals surface area contributed by atoms with Crippen LogP contribution in [0.5, 0.6) is 0 Å². The number of rotatable bonds is 4. The molecule has 0 fully saturated rings. The average Bonchev–Trinajstić information content (AvgIpc) is 2.77. The summed E-state index contributed by atoms with van der Waals surface area (Å²) in [6, 6.07) is 8.77. The summed E-state index contributed by atoms with van der Waals surface area (Å²) in [7, 11) is 8.00. The van der Waals surface area contributed by atoms with E-state index in [1.165, 1.54) is 16.8 Å². The summed E-state index contributed by atoms with van der Waals surface area (Å²) < 4.78 is 1.83. The lowest BCUT2D eigenvalue weighted by molar-refractivity contribution is 0.689. The molecule has 1 unspecified atom stereocenters. The highest BCUT2D eigenvalue weighted by atomic mass is 15.2. The van der Waals surface area contributed by atoms with Gasteiger partial charge >= 0.3 is 0 Å². The van der Waals surface area contributed by atoms with Crippen molar-refractivity contribution in [3.8, 4) is 0 Å². The molecule has 18 heavy (non-hydrogen) atoms. The van der Waals surface area contributed by atoms with Gasteiger partial charge in [-0.25, -0.2) is 0 Å². The van der Waals surface area contributed by atoms with E-state index in [-0.39, 0.29) is 6.04 Å². The molecule has 0 spiro atoms. The van der Waals surface area contributed by atoms with Crippen LogP contribution in [0.4, 0.5) is 5.69 Å². The fraction of sp³-hybridized carbons (Fsp3) is 0.357. The summed E-state index contributed by atoms with van der Waals surface area (Å²) in [5, 5.41) is 7.55. The topological polar surface area (TPSA) is 33.1 Å². The lowest BCUT2D eigenvalue weighted by atomic mass is 10.0. The Morgan fingerprint density at radius 3 is 2.28 bits per heavy atom. The minimum Gasteiger partial charge on any atom is -0.378 e. The van der Waals surface area contributed by atoms with E-state index in [1.807, 2.05) is 45.3 Å². The third kappa shape index (κ3) is 2.54. The maximum absolute atomic E-state index is 4.23. The quantitative estimate of drug-likeness (QED) is 0.890. The Morgan fingerprint density at radius 2 is 1.83 bits per heavy atom. The van der Waals surface area contributed by atoms with Gasteiger partial charge in [0.05, 0.1) is 12.2 Å². The van der Waals surface area contributed by atoms with Crippen molar-refractivity contribution in [3.63, 3.8) is 0 Å². The number of nitrogens with one attached hydrogen (secondary N) is 1. The Morgan fingerprint density at radius 1 is 1.17 bits per heavy atom.